The summed E-state index contributed by atoms with van der Waals surface area (Å²) in [6.45, 7) is 6.21. The van der Waals surface area contributed by atoms with Gasteiger partial charge in [-0.1, -0.05) is 13.8 Å². The lowest BCUT2D eigenvalue weighted by atomic mass is 9.42. The Labute approximate surface area is 151 Å². The number of fused-ring (bicyclic) bond motifs is 5. The fourth-order valence-electron chi connectivity index (χ4n) is 8.06. The lowest BCUT2D eigenvalue weighted by Gasteiger charge is -2.65. The maximum Gasteiger partial charge on any atom is 0.133 e. The maximum absolute atomic E-state index is 12.3. The van der Waals surface area contributed by atoms with Gasteiger partial charge in [0.15, 0.2) is 0 Å². The number of hydrogen-bond acceptors (Lipinski definition) is 4. The average Bonchev–Trinajstić information content (AvgIpc) is 2.79. The van der Waals surface area contributed by atoms with Crippen molar-refractivity contribution in [2.75, 3.05) is 0 Å². The van der Waals surface area contributed by atoms with Crippen LogP contribution in [0.4, 0.5) is 0 Å². The van der Waals surface area contributed by atoms with Crippen molar-refractivity contribution in [2.24, 2.45) is 40.2 Å². The van der Waals surface area contributed by atoms with Crippen molar-refractivity contribution >= 4 is 5.78 Å². The summed E-state index contributed by atoms with van der Waals surface area (Å²) < 4.78 is 0. The van der Waals surface area contributed by atoms with Crippen LogP contribution >= 0.6 is 0 Å². The molecule has 9 unspecified atom stereocenters. The number of rotatable bonds is 1. The number of aliphatic hydroxyl groups is 2. The highest BCUT2D eigenvalue weighted by atomic mass is 16.3. The van der Waals surface area contributed by atoms with E-state index in [4.69, 9.17) is 5.73 Å². The zero-order valence-corrected chi connectivity index (χ0v) is 16.0. The van der Waals surface area contributed by atoms with Crippen LogP contribution in [0, 0.1) is 34.5 Å². The van der Waals surface area contributed by atoms with Crippen LogP contribution < -0.4 is 5.73 Å². The maximum atomic E-state index is 12.3. The molecule has 0 amide bonds. The van der Waals surface area contributed by atoms with Crippen molar-refractivity contribution in [3.63, 3.8) is 0 Å². The number of ketones is 1. The molecule has 25 heavy (non-hydrogen) atoms. The van der Waals surface area contributed by atoms with E-state index in [0.29, 0.717) is 18.3 Å². The van der Waals surface area contributed by atoms with E-state index in [1.807, 2.05) is 0 Å². The van der Waals surface area contributed by atoms with Crippen LogP contribution in [-0.4, -0.2) is 33.7 Å². The summed E-state index contributed by atoms with van der Waals surface area (Å²) >= 11 is 0. The Bertz CT molecular complexity index is 579. The molecule has 4 N–H and O–H groups in total. The summed E-state index contributed by atoms with van der Waals surface area (Å²) in [7, 11) is 0. The average molecular weight is 350 g/mol. The molecule has 4 heteroatoms. The molecule has 4 fully saturated rings. The second-order valence-electron chi connectivity index (χ2n) is 10.3. The normalized spacial score (nSPS) is 58.2. The van der Waals surface area contributed by atoms with Gasteiger partial charge >= 0.3 is 0 Å². The first kappa shape index (κ1) is 17.9. The van der Waals surface area contributed by atoms with Crippen molar-refractivity contribution in [3.8, 4) is 0 Å². The third-order valence-corrected chi connectivity index (χ3v) is 9.41. The fourth-order valence-corrected chi connectivity index (χ4v) is 8.06. The first-order valence-corrected chi connectivity index (χ1v) is 10.3. The molecule has 0 bridgehead atoms. The number of hydrogen-bond donors (Lipinski definition) is 3. The fraction of sp³-hybridized carbons (Fsp3) is 0.952. The van der Waals surface area contributed by atoms with Crippen LogP contribution in [0.15, 0.2) is 0 Å². The minimum atomic E-state index is -0.380. The number of carbonyl (C=O) groups excluding carboxylic acids is 1. The number of carbonyl (C=O) groups is 1. The quantitative estimate of drug-likeness (QED) is 0.679. The molecular formula is C21H35NO3. The van der Waals surface area contributed by atoms with Crippen molar-refractivity contribution in [1.82, 2.24) is 0 Å². The van der Waals surface area contributed by atoms with Crippen molar-refractivity contribution in [3.05, 3.63) is 0 Å². The molecule has 0 aromatic heterocycles. The van der Waals surface area contributed by atoms with E-state index in [2.05, 4.69) is 13.8 Å². The summed E-state index contributed by atoms with van der Waals surface area (Å²) in [5, 5.41) is 21.4. The monoisotopic (exact) mass is 349 g/mol. The molecule has 4 nitrogen and oxygen atoms in total. The predicted octanol–water partition coefficient (Wildman–Crippen LogP) is 2.65. The number of Topliss-reactive ketones (excluding diaryl/α,β-unsaturated/α-hetero) is 1. The molecule has 142 valence electrons. The molecule has 0 aromatic carbocycles. The molecule has 0 radical (unpaired) electrons. The van der Waals surface area contributed by atoms with Crippen LogP contribution in [0.1, 0.15) is 72.1 Å². The first-order chi connectivity index (χ1) is 11.6. The molecule has 0 saturated heterocycles. The van der Waals surface area contributed by atoms with Gasteiger partial charge in [0.2, 0.25) is 0 Å². The van der Waals surface area contributed by atoms with Crippen LogP contribution in [0.3, 0.4) is 0 Å². The third-order valence-electron chi connectivity index (χ3n) is 9.41. The van der Waals surface area contributed by atoms with E-state index in [0.717, 1.165) is 44.9 Å². The number of nitrogens with two attached hydrogens (primary N) is 1. The Kier molecular flexibility index (Phi) is 3.97. The minimum absolute atomic E-state index is 0.00759. The molecule has 0 heterocycles. The van der Waals surface area contributed by atoms with Gasteiger partial charge in [0.05, 0.1) is 12.2 Å². The highest BCUT2D eigenvalue weighted by Gasteiger charge is 2.69. The lowest BCUT2D eigenvalue weighted by Crippen LogP contribution is -2.70. The first-order valence-electron chi connectivity index (χ1n) is 10.3. The smallest absolute Gasteiger partial charge is 0.133 e. The van der Waals surface area contributed by atoms with E-state index < -0.39 is 0 Å². The van der Waals surface area contributed by atoms with Crippen molar-refractivity contribution in [2.45, 2.75) is 89.9 Å². The van der Waals surface area contributed by atoms with E-state index in [1.165, 1.54) is 0 Å². The Morgan fingerprint density at radius 2 is 1.80 bits per heavy atom. The topological polar surface area (TPSA) is 83.6 Å². The van der Waals surface area contributed by atoms with E-state index in [1.54, 1.807) is 6.92 Å². The van der Waals surface area contributed by atoms with Gasteiger partial charge in [-0.2, -0.15) is 0 Å². The van der Waals surface area contributed by atoms with Gasteiger partial charge in [-0.15, -0.1) is 0 Å². The van der Waals surface area contributed by atoms with Crippen LogP contribution in [-0.2, 0) is 4.79 Å². The van der Waals surface area contributed by atoms with E-state index in [-0.39, 0.29) is 46.2 Å². The van der Waals surface area contributed by atoms with Crippen LogP contribution in [0.25, 0.3) is 0 Å². The minimum Gasteiger partial charge on any atom is -0.393 e. The highest BCUT2D eigenvalue weighted by molar-refractivity contribution is 5.80. The van der Waals surface area contributed by atoms with E-state index >= 15 is 0 Å². The van der Waals surface area contributed by atoms with Crippen molar-refractivity contribution in [1.29, 1.82) is 0 Å². The summed E-state index contributed by atoms with van der Waals surface area (Å²) in [6, 6.07) is 0. The molecular weight excluding hydrogens is 314 g/mol. The van der Waals surface area contributed by atoms with Gasteiger partial charge in [0, 0.05) is 11.5 Å². The van der Waals surface area contributed by atoms with Gasteiger partial charge in [0.1, 0.15) is 5.78 Å². The zero-order valence-electron chi connectivity index (χ0n) is 16.0. The van der Waals surface area contributed by atoms with Gasteiger partial charge in [-0.3, -0.25) is 4.79 Å². The van der Waals surface area contributed by atoms with E-state index in [9.17, 15) is 15.0 Å². The number of aliphatic hydroxyl groups excluding tert-OH is 2. The SMILES string of the molecule is CC(=O)C1CCC2(N)C3CCC4CC(O)CCC4(C)C3C(O)CC12C. The summed E-state index contributed by atoms with van der Waals surface area (Å²) in [5.41, 5.74) is 6.59. The molecule has 0 aromatic rings. The van der Waals surface area contributed by atoms with Crippen molar-refractivity contribution < 1.29 is 15.0 Å². The second-order valence-corrected chi connectivity index (χ2v) is 10.3. The van der Waals surface area contributed by atoms with Crippen LogP contribution in [0.5, 0.6) is 0 Å². The van der Waals surface area contributed by atoms with Gasteiger partial charge < -0.3 is 15.9 Å². The zero-order chi connectivity index (χ0) is 18.2. The summed E-state index contributed by atoms with van der Waals surface area (Å²) in [5.74, 6) is 1.22. The molecule has 0 spiro atoms. The van der Waals surface area contributed by atoms with Gasteiger partial charge in [0.25, 0.3) is 0 Å². The summed E-state index contributed by atoms with van der Waals surface area (Å²) in [6.07, 6.45) is 6.70. The Morgan fingerprint density at radius 1 is 1.08 bits per heavy atom. The van der Waals surface area contributed by atoms with Gasteiger partial charge in [-0.25, -0.2) is 0 Å². The third kappa shape index (κ3) is 2.20. The molecule has 4 aliphatic carbocycles. The molecule has 4 aliphatic rings. The molecule has 4 rings (SSSR count). The molecule has 9 atom stereocenters. The second kappa shape index (κ2) is 5.53. The molecule has 4 saturated carbocycles. The Hall–Kier alpha value is -0.450. The summed E-state index contributed by atoms with van der Waals surface area (Å²) in [4.78, 5) is 12.3. The lowest BCUT2D eigenvalue weighted by molar-refractivity contribution is -0.185. The Balaban J connectivity index is 1.73. The predicted molar refractivity (Wildman–Crippen MR) is 96.7 cm³/mol. The molecule has 0 aliphatic heterocycles. The largest absolute Gasteiger partial charge is 0.393 e. The van der Waals surface area contributed by atoms with Gasteiger partial charge in [-0.05, 0) is 86.9 Å². The standard InChI is InChI=1S/C21H35NO3/c1-12(23)15-7-9-21(22)16-5-4-13-10-14(24)6-8-19(13,2)18(16)17(25)11-20(15,21)3/h13-18,24-25H,4-11,22H2,1-3H3. The highest BCUT2D eigenvalue weighted by Crippen LogP contribution is 2.68. The Morgan fingerprint density at radius 3 is 2.48 bits per heavy atom. The van der Waals surface area contributed by atoms with Crippen LogP contribution in [0.2, 0.25) is 0 Å².